The van der Waals surface area contributed by atoms with E-state index in [-0.39, 0.29) is 16.7 Å². The van der Waals surface area contributed by atoms with Crippen molar-refractivity contribution in [1.82, 2.24) is 9.62 Å². The summed E-state index contributed by atoms with van der Waals surface area (Å²) in [5.74, 6) is -0.619. The molecule has 1 aromatic rings. The second-order valence-corrected chi connectivity index (χ2v) is 8.33. The smallest absolute Gasteiger partial charge is 0.241 e. The van der Waals surface area contributed by atoms with Crippen LogP contribution in [-0.2, 0) is 19.6 Å². The Kier molecular flexibility index (Phi) is 6.53. The van der Waals surface area contributed by atoms with Gasteiger partial charge in [-0.3, -0.25) is 4.79 Å². The summed E-state index contributed by atoms with van der Waals surface area (Å²) < 4.78 is 46.4. The number of nitrogens with one attached hydrogen (secondary N) is 1. The molecule has 2 rings (SSSR count). The first kappa shape index (κ1) is 19.8. The third-order valence-corrected chi connectivity index (χ3v) is 5.68. The van der Waals surface area contributed by atoms with E-state index in [1.54, 1.807) is 4.90 Å². The number of nitrogens with zero attached hydrogens (tertiary/aromatic N) is 1. The van der Waals surface area contributed by atoms with Crippen LogP contribution in [0.1, 0.15) is 25.8 Å². The van der Waals surface area contributed by atoms with Crippen LogP contribution in [0.25, 0.3) is 0 Å². The van der Waals surface area contributed by atoms with Gasteiger partial charge in [0.15, 0.2) is 0 Å². The molecule has 8 heteroatoms. The number of rotatable bonds is 6. The van der Waals surface area contributed by atoms with Gasteiger partial charge in [0, 0.05) is 13.1 Å². The van der Waals surface area contributed by atoms with Gasteiger partial charge < -0.3 is 9.64 Å². The summed E-state index contributed by atoms with van der Waals surface area (Å²) in [6, 6.07) is 2.63. The molecule has 6 nitrogen and oxygen atoms in total. The first-order chi connectivity index (χ1) is 11.7. The lowest BCUT2D eigenvalue weighted by atomic mass is 10.0. The molecule has 0 aromatic heterocycles. The Bertz CT molecular complexity index is 715. The van der Waals surface area contributed by atoms with E-state index in [1.165, 1.54) is 13.0 Å². The molecule has 1 aliphatic heterocycles. The van der Waals surface area contributed by atoms with E-state index in [1.807, 2.05) is 13.8 Å². The molecule has 0 spiro atoms. The number of sulfonamides is 1. The highest BCUT2D eigenvalue weighted by atomic mass is 32.2. The van der Waals surface area contributed by atoms with Gasteiger partial charge in [0.2, 0.25) is 15.9 Å². The maximum atomic E-state index is 13.3. The average Bonchev–Trinajstić information content (AvgIpc) is 2.53. The number of hydrogen-bond donors (Lipinski definition) is 1. The second-order valence-electron chi connectivity index (χ2n) is 6.65. The molecule has 1 fully saturated rings. The molecule has 1 N–H and O–H groups in total. The summed E-state index contributed by atoms with van der Waals surface area (Å²) in [6.45, 7) is 7.18. The summed E-state index contributed by atoms with van der Waals surface area (Å²) in [5.41, 5.74) is 0.301. The van der Waals surface area contributed by atoms with E-state index in [2.05, 4.69) is 4.72 Å². The minimum Gasteiger partial charge on any atom is -0.378 e. The lowest BCUT2D eigenvalue weighted by Gasteiger charge is -2.31. The summed E-state index contributed by atoms with van der Waals surface area (Å²) >= 11 is 0. The van der Waals surface area contributed by atoms with Gasteiger partial charge in [-0.2, -0.15) is 4.72 Å². The number of morpholine rings is 1. The van der Waals surface area contributed by atoms with E-state index >= 15 is 0 Å². The molecule has 25 heavy (non-hydrogen) atoms. The van der Waals surface area contributed by atoms with Crippen LogP contribution in [0.5, 0.6) is 0 Å². The first-order valence-electron chi connectivity index (χ1n) is 8.35. The number of hydrogen-bond acceptors (Lipinski definition) is 4. The van der Waals surface area contributed by atoms with Gasteiger partial charge in [-0.15, -0.1) is 0 Å². The molecular weight excluding hydrogens is 347 g/mol. The normalized spacial score (nSPS) is 16.9. The molecule has 0 radical (unpaired) electrons. The Labute approximate surface area is 148 Å². The van der Waals surface area contributed by atoms with E-state index < -0.39 is 21.9 Å². The third-order valence-electron chi connectivity index (χ3n) is 4.05. The van der Waals surface area contributed by atoms with Crippen LogP contribution in [0.4, 0.5) is 4.39 Å². The molecule has 1 amide bonds. The zero-order valence-electron chi connectivity index (χ0n) is 14.8. The van der Waals surface area contributed by atoms with Crippen molar-refractivity contribution in [1.29, 1.82) is 0 Å². The predicted octanol–water partition coefficient (Wildman–Crippen LogP) is 1.69. The first-order valence-corrected chi connectivity index (χ1v) is 9.84. The SMILES string of the molecule is Cc1cc(F)ccc1S(=O)(=O)N[C@@H](CC(C)C)C(=O)N1CCOCC1. The summed E-state index contributed by atoms with van der Waals surface area (Å²) in [7, 11) is -3.93. The number of halogens is 1. The number of aryl methyl sites for hydroxylation is 1. The largest absolute Gasteiger partial charge is 0.378 e. The molecule has 0 saturated carbocycles. The van der Waals surface area contributed by atoms with Crippen LogP contribution in [0, 0.1) is 18.7 Å². The van der Waals surface area contributed by atoms with Gasteiger partial charge in [-0.25, -0.2) is 12.8 Å². The molecule has 1 heterocycles. The Balaban J connectivity index is 2.24. The molecule has 0 aliphatic carbocycles. The number of benzene rings is 1. The van der Waals surface area contributed by atoms with Gasteiger partial charge in [-0.1, -0.05) is 13.8 Å². The van der Waals surface area contributed by atoms with Gasteiger partial charge in [0.25, 0.3) is 0 Å². The van der Waals surface area contributed by atoms with E-state index in [4.69, 9.17) is 4.74 Å². The quantitative estimate of drug-likeness (QED) is 0.824. The molecule has 0 bridgehead atoms. The second kappa shape index (κ2) is 8.25. The Hall–Kier alpha value is -1.51. The molecule has 1 saturated heterocycles. The molecular formula is C17H25FN2O4S. The van der Waals surface area contributed by atoms with Crippen molar-refractivity contribution < 1.29 is 22.3 Å². The minimum atomic E-state index is -3.93. The maximum absolute atomic E-state index is 13.3. The summed E-state index contributed by atoms with van der Waals surface area (Å²) in [6.07, 6.45) is 0.385. The van der Waals surface area contributed by atoms with Gasteiger partial charge >= 0.3 is 0 Å². The Morgan fingerprint density at radius 2 is 1.96 bits per heavy atom. The monoisotopic (exact) mass is 372 g/mol. The molecule has 1 aliphatic rings. The zero-order chi connectivity index (χ0) is 18.6. The minimum absolute atomic E-state index is 0.0163. The number of amides is 1. The van der Waals surface area contributed by atoms with Crippen LogP contribution >= 0.6 is 0 Å². The summed E-state index contributed by atoms with van der Waals surface area (Å²) in [5, 5.41) is 0. The van der Waals surface area contributed by atoms with Crippen molar-refractivity contribution in [2.24, 2.45) is 5.92 Å². The van der Waals surface area contributed by atoms with Crippen molar-refractivity contribution >= 4 is 15.9 Å². The average molecular weight is 372 g/mol. The molecule has 1 aromatic carbocycles. The number of carbonyl (C=O) groups is 1. The highest BCUT2D eigenvalue weighted by molar-refractivity contribution is 7.89. The molecule has 0 unspecified atom stereocenters. The van der Waals surface area contributed by atoms with E-state index in [0.717, 1.165) is 12.1 Å². The van der Waals surface area contributed by atoms with Crippen LogP contribution in [0.3, 0.4) is 0 Å². The highest BCUT2D eigenvalue weighted by Crippen LogP contribution is 2.18. The fraction of sp³-hybridized carbons (Fsp3) is 0.588. The third kappa shape index (κ3) is 5.23. The fourth-order valence-corrected chi connectivity index (χ4v) is 4.27. The van der Waals surface area contributed by atoms with Crippen LogP contribution in [0.2, 0.25) is 0 Å². The lowest BCUT2D eigenvalue weighted by molar-refractivity contribution is -0.137. The van der Waals surface area contributed by atoms with E-state index in [0.29, 0.717) is 38.3 Å². The standard InChI is InChI=1S/C17H25FN2O4S/c1-12(2)10-15(17(21)20-6-8-24-9-7-20)19-25(22,23)16-5-4-14(18)11-13(16)3/h4-5,11-12,15,19H,6-10H2,1-3H3/t15-/m0/s1. The fourth-order valence-electron chi connectivity index (χ4n) is 2.84. The summed E-state index contributed by atoms with van der Waals surface area (Å²) in [4.78, 5) is 14.4. The maximum Gasteiger partial charge on any atom is 0.241 e. The van der Waals surface area contributed by atoms with Crippen molar-refractivity contribution in [2.75, 3.05) is 26.3 Å². The lowest BCUT2D eigenvalue weighted by Crippen LogP contribution is -2.52. The zero-order valence-corrected chi connectivity index (χ0v) is 15.6. The molecule has 140 valence electrons. The van der Waals surface area contributed by atoms with Gasteiger partial charge in [-0.05, 0) is 43.0 Å². The van der Waals surface area contributed by atoms with Crippen molar-refractivity contribution in [3.63, 3.8) is 0 Å². The predicted molar refractivity (Wildman–Crippen MR) is 92.1 cm³/mol. The van der Waals surface area contributed by atoms with Crippen molar-refractivity contribution in [2.45, 2.75) is 38.1 Å². The number of ether oxygens (including phenoxy) is 1. The van der Waals surface area contributed by atoms with Crippen LogP contribution < -0.4 is 4.72 Å². The topological polar surface area (TPSA) is 75.7 Å². The van der Waals surface area contributed by atoms with Gasteiger partial charge in [0.1, 0.15) is 11.9 Å². The Morgan fingerprint density at radius 3 is 2.52 bits per heavy atom. The van der Waals surface area contributed by atoms with Crippen LogP contribution in [0.15, 0.2) is 23.1 Å². The van der Waals surface area contributed by atoms with Crippen molar-refractivity contribution in [3.8, 4) is 0 Å². The van der Waals surface area contributed by atoms with Crippen LogP contribution in [-0.4, -0.2) is 51.6 Å². The molecule has 1 atom stereocenters. The number of carbonyl (C=O) groups excluding carboxylic acids is 1. The Morgan fingerprint density at radius 1 is 1.32 bits per heavy atom. The van der Waals surface area contributed by atoms with Crippen molar-refractivity contribution in [3.05, 3.63) is 29.6 Å². The highest BCUT2D eigenvalue weighted by Gasteiger charge is 2.31. The van der Waals surface area contributed by atoms with Gasteiger partial charge in [0.05, 0.1) is 18.1 Å². The van der Waals surface area contributed by atoms with E-state index in [9.17, 15) is 17.6 Å².